The molecule has 3 aromatic rings. The molecule has 0 fully saturated rings. The van der Waals surface area contributed by atoms with Crippen molar-refractivity contribution >= 4 is 51.4 Å². The van der Waals surface area contributed by atoms with Crippen molar-refractivity contribution in [3.05, 3.63) is 93.1 Å². The predicted octanol–water partition coefficient (Wildman–Crippen LogP) is 5.68. The molecule has 1 N–H and O–H groups in total. The molecule has 0 spiro atoms. The fraction of sp³-hybridized carbons (Fsp3) is 0.143. The molecular weight excluding hydrogens is 540 g/mol. The second-order valence-electron chi connectivity index (χ2n) is 8.06. The lowest BCUT2D eigenvalue weighted by Crippen LogP contribution is -2.11. The monoisotopic (exact) mass is 562 g/mol. The molecule has 1 aliphatic rings. The van der Waals surface area contributed by atoms with Gasteiger partial charge in [0.05, 0.1) is 16.6 Å². The fourth-order valence-corrected chi connectivity index (χ4v) is 4.11. The number of hydrogen-bond acceptors (Lipinski definition) is 7. The van der Waals surface area contributed by atoms with Gasteiger partial charge >= 0.3 is 11.9 Å². The average molecular weight is 563 g/mol. The van der Waals surface area contributed by atoms with E-state index in [4.69, 9.17) is 14.2 Å². The molecule has 0 saturated carbocycles. The zero-order valence-electron chi connectivity index (χ0n) is 20.3. The van der Waals surface area contributed by atoms with Crippen molar-refractivity contribution in [2.45, 2.75) is 20.8 Å². The third-order valence-corrected chi connectivity index (χ3v) is 5.86. The van der Waals surface area contributed by atoms with Gasteiger partial charge in [0.2, 0.25) is 11.8 Å². The summed E-state index contributed by atoms with van der Waals surface area (Å²) in [6.07, 6.45) is 1.56. The highest BCUT2D eigenvalue weighted by Crippen LogP contribution is 2.38. The number of nitrogens with zero attached hydrogens (tertiary/aromatic N) is 1. The molecule has 3 aromatic carbocycles. The van der Waals surface area contributed by atoms with Crippen molar-refractivity contribution in [3.63, 3.8) is 0 Å². The third-order valence-electron chi connectivity index (χ3n) is 5.27. The van der Waals surface area contributed by atoms with E-state index in [1.54, 1.807) is 54.6 Å². The van der Waals surface area contributed by atoms with Gasteiger partial charge in [-0.05, 0) is 89.4 Å². The number of nitrogens with one attached hydrogen (secondary N) is 1. The Bertz CT molecular complexity index is 1440. The van der Waals surface area contributed by atoms with E-state index < -0.39 is 11.9 Å². The van der Waals surface area contributed by atoms with Crippen LogP contribution in [0.4, 0.5) is 5.69 Å². The normalized spacial score (nSPS) is 13.7. The van der Waals surface area contributed by atoms with E-state index in [0.717, 1.165) is 5.56 Å². The summed E-state index contributed by atoms with van der Waals surface area (Å²) in [4.78, 5) is 40.8. The van der Waals surface area contributed by atoms with Gasteiger partial charge in [0.25, 0.3) is 0 Å². The highest BCUT2D eigenvalue weighted by molar-refractivity contribution is 9.10. The Morgan fingerprint density at radius 1 is 1.11 bits per heavy atom. The van der Waals surface area contributed by atoms with Crippen LogP contribution < -0.4 is 14.8 Å². The largest absolute Gasteiger partial charge is 0.490 e. The summed E-state index contributed by atoms with van der Waals surface area (Å²) in [6.45, 7) is 5.40. The Labute approximate surface area is 222 Å². The molecule has 1 aliphatic heterocycles. The molecule has 37 heavy (non-hydrogen) atoms. The van der Waals surface area contributed by atoms with Crippen molar-refractivity contribution in [2.24, 2.45) is 4.99 Å². The van der Waals surface area contributed by atoms with Gasteiger partial charge in [0, 0.05) is 18.2 Å². The first-order chi connectivity index (χ1) is 17.7. The minimum atomic E-state index is -0.606. The first-order valence-corrected chi connectivity index (χ1v) is 12.2. The Hall–Kier alpha value is -4.24. The number of halogens is 1. The van der Waals surface area contributed by atoms with Gasteiger partial charge in [-0.2, -0.15) is 0 Å². The van der Waals surface area contributed by atoms with Gasteiger partial charge in [-0.25, -0.2) is 14.6 Å². The molecule has 0 bridgehead atoms. The summed E-state index contributed by atoms with van der Waals surface area (Å²) in [5, 5.41) is 2.68. The maximum atomic E-state index is 12.8. The van der Waals surface area contributed by atoms with Crippen LogP contribution >= 0.6 is 15.9 Å². The quantitative estimate of drug-likeness (QED) is 0.226. The van der Waals surface area contributed by atoms with Crippen LogP contribution in [0.1, 0.15) is 40.9 Å². The van der Waals surface area contributed by atoms with E-state index in [-0.39, 0.29) is 23.3 Å². The topological polar surface area (TPSA) is 103 Å². The lowest BCUT2D eigenvalue weighted by atomic mass is 10.1. The Kier molecular flexibility index (Phi) is 7.83. The standard InChI is InChI=1S/C28H23BrN2O6/c1-4-35-24-15-18(13-22(29)25(24)36-27(33)21-8-6-5-7-16(21)2)14-23-28(34)37-26(31-23)19-9-11-20(12-10-19)30-17(3)32/h5-15H,4H2,1-3H3,(H,30,32)/b23-14-. The van der Waals surface area contributed by atoms with Crippen LogP contribution in [0.2, 0.25) is 0 Å². The van der Waals surface area contributed by atoms with Crippen molar-refractivity contribution < 1.29 is 28.6 Å². The van der Waals surface area contributed by atoms with Crippen LogP contribution in [0.5, 0.6) is 11.5 Å². The molecule has 1 amide bonds. The molecule has 1 heterocycles. The number of carbonyl (C=O) groups is 3. The number of aliphatic imine (C=N–C) groups is 1. The minimum Gasteiger partial charge on any atom is -0.490 e. The molecule has 0 aliphatic carbocycles. The van der Waals surface area contributed by atoms with Crippen molar-refractivity contribution in [1.29, 1.82) is 0 Å². The molecular formula is C28H23BrN2O6. The Morgan fingerprint density at radius 3 is 2.51 bits per heavy atom. The Balaban J connectivity index is 1.61. The summed E-state index contributed by atoms with van der Waals surface area (Å²) in [6, 6.07) is 17.3. The molecule has 0 atom stereocenters. The molecule has 0 aromatic heterocycles. The van der Waals surface area contributed by atoms with E-state index in [1.165, 1.54) is 6.92 Å². The van der Waals surface area contributed by atoms with Crippen LogP contribution in [0, 0.1) is 6.92 Å². The number of esters is 2. The summed E-state index contributed by atoms with van der Waals surface area (Å²) >= 11 is 3.46. The number of hydrogen-bond donors (Lipinski definition) is 1. The number of benzene rings is 3. The number of cyclic esters (lactones) is 1. The molecule has 4 rings (SSSR count). The van der Waals surface area contributed by atoms with E-state index in [0.29, 0.717) is 39.2 Å². The fourth-order valence-electron chi connectivity index (χ4n) is 3.57. The first-order valence-electron chi connectivity index (χ1n) is 11.4. The van der Waals surface area contributed by atoms with Gasteiger partial charge in [-0.15, -0.1) is 0 Å². The van der Waals surface area contributed by atoms with Crippen LogP contribution in [-0.2, 0) is 14.3 Å². The maximum absolute atomic E-state index is 12.8. The predicted molar refractivity (Wildman–Crippen MR) is 143 cm³/mol. The zero-order valence-corrected chi connectivity index (χ0v) is 21.9. The third kappa shape index (κ3) is 6.13. The van der Waals surface area contributed by atoms with Gasteiger partial charge in [-0.1, -0.05) is 18.2 Å². The molecule has 188 valence electrons. The highest BCUT2D eigenvalue weighted by atomic mass is 79.9. The van der Waals surface area contributed by atoms with Gasteiger partial charge in [-0.3, -0.25) is 4.79 Å². The van der Waals surface area contributed by atoms with E-state index >= 15 is 0 Å². The second kappa shape index (κ2) is 11.2. The second-order valence-corrected chi connectivity index (χ2v) is 8.92. The van der Waals surface area contributed by atoms with Crippen LogP contribution in [0.15, 0.2) is 75.8 Å². The van der Waals surface area contributed by atoms with Crippen molar-refractivity contribution in [3.8, 4) is 11.5 Å². The SMILES string of the molecule is CCOc1cc(/C=C2\N=C(c3ccc(NC(C)=O)cc3)OC2=O)cc(Br)c1OC(=O)c1ccccc1C. The van der Waals surface area contributed by atoms with E-state index in [1.807, 2.05) is 26.0 Å². The van der Waals surface area contributed by atoms with Crippen molar-refractivity contribution in [2.75, 3.05) is 11.9 Å². The Morgan fingerprint density at radius 2 is 1.84 bits per heavy atom. The van der Waals surface area contributed by atoms with Crippen LogP contribution in [0.25, 0.3) is 6.08 Å². The number of aryl methyl sites for hydroxylation is 1. The smallest absolute Gasteiger partial charge is 0.363 e. The number of amides is 1. The van der Waals surface area contributed by atoms with E-state index in [2.05, 4.69) is 26.2 Å². The van der Waals surface area contributed by atoms with Gasteiger partial charge in [0.1, 0.15) is 0 Å². The molecule has 8 nitrogen and oxygen atoms in total. The van der Waals surface area contributed by atoms with Gasteiger partial charge in [0.15, 0.2) is 17.2 Å². The first kappa shape index (κ1) is 25.8. The summed E-state index contributed by atoms with van der Waals surface area (Å²) < 4.78 is 17.2. The number of carbonyl (C=O) groups excluding carboxylic acids is 3. The lowest BCUT2D eigenvalue weighted by Gasteiger charge is -2.14. The van der Waals surface area contributed by atoms with Crippen LogP contribution in [-0.4, -0.2) is 30.4 Å². The minimum absolute atomic E-state index is 0.0972. The number of anilines is 1. The number of rotatable bonds is 7. The molecule has 9 heteroatoms. The molecule has 0 unspecified atom stereocenters. The van der Waals surface area contributed by atoms with Gasteiger partial charge < -0.3 is 19.5 Å². The average Bonchev–Trinajstić information content (AvgIpc) is 3.21. The molecule has 0 radical (unpaired) electrons. The summed E-state index contributed by atoms with van der Waals surface area (Å²) in [7, 11) is 0. The van der Waals surface area contributed by atoms with Crippen LogP contribution in [0.3, 0.4) is 0 Å². The summed E-state index contributed by atoms with van der Waals surface area (Å²) in [5.41, 5.74) is 3.13. The van der Waals surface area contributed by atoms with E-state index in [9.17, 15) is 14.4 Å². The maximum Gasteiger partial charge on any atom is 0.363 e. The zero-order chi connectivity index (χ0) is 26.5. The number of ether oxygens (including phenoxy) is 3. The lowest BCUT2D eigenvalue weighted by molar-refractivity contribution is -0.130. The molecule has 0 saturated heterocycles. The summed E-state index contributed by atoms with van der Waals surface area (Å²) in [5.74, 6) is -0.590. The highest BCUT2D eigenvalue weighted by Gasteiger charge is 2.25. The van der Waals surface area contributed by atoms with Crippen molar-refractivity contribution in [1.82, 2.24) is 0 Å².